The molecular weight excluding hydrogens is 709 g/mol. The second-order valence-corrected chi connectivity index (χ2v) is 17.4. The lowest BCUT2D eigenvalue weighted by Gasteiger charge is -2.31. The van der Waals surface area contributed by atoms with Crippen molar-refractivity contribution < 1.29 is 14.3 Å². The first-order valence-electron chi connectivity index (χ1n) is 25.5. The molecule has 1 rings (SSSR count). The number of hydrogen-bond acceptors (Lipinski definition) is 3. The highest BCUT2D eigenvalue weighted by Gasteiger charge is 2.49. The van der Waals surface area contributed by atoms with Gasteiger partial charge in [0.1, 0.15) is 6.10 Å². The molecule has 58 heavy (non-hydrogen) atoms. The summed E-state index contributed by atoms with van der Waals surface area (Å²) < 4.78 is 12.1. The van der Waals surface area contributed by atoms with Crippen molar-refractivity contribution in [2.75, 3.05) is 0 Å². The van der Waals surface area contributed by atoms with Crippen molar-refractivity contribution in [3.63, 3.8) is 0 Å². The number of hydrogen-bond donors (Lipinski definition) is 0. The molecule has 0 aromatic carbocycles. The number of allylic oxidation sites excluding steroid dienone is 12. The van der Waals surface area contributed by atoms with E-state index in [0.29, 0.717) is 0 Å². The highest BCUT2D eigenvalue weighted by Crippen LogP contribution is 2.40. The predicted molar refractivity (Wildman–Crippen MR) is 257 cm³/mol. The molecule has 1 fully saturated rings. The molecule has 1 aliphatic heterocycles. The van der Waals surface area contributed by atoms with Crippen LogP contribution in [0, 0.1) is 0 Å². The van der Waals surface area contributed by atoms with E-state index < -0.39 is 11.8 Å². The van der Waals surface area contributed by atoms with Crippen molar-refractivity contribution in [2.45, 2.75) is 270 Å². The third-order valence-electron chi connectivity index (χ3n) is 11.9. The van der Waals surface area contributed by atoms with Crippen molar-refractivity contribution in [1.82, 2.24) is 0 Å². The lowest BCUT2D eigenvalue weighted by molar-refractivity contribution is 0.00380. The van der Waals surface area contributed by atoms with Crippen LogP contribution in [0.15, 0.2) is 72.9 Å². The fraction of sp³-hybridized carbons (Fsp3) is 0.764. The largest absolute Gasteiger partial charge is 0.509 e. The van der Waals surface area contributed by atoms with E-state index in [-0.39, 0.29) is 6.10 Å². The maximum Gasteiger partial charge on any atom is 0.509 e. The molecule has 2 unspecified atom stereocenters. The number of rotatable bonds is 43. The van der Waals surface area contributed by atoms with Crippen molar-refractivity contribution >= 4 is 6.16 Å². The van der Waals surface area contributed by atoms with Crippen molar-refractivity contribution in [2.24, 2.45) is 0 Å². The van der Waals surface area contributed by atoms with Crippen molar-refractivity contribution in [3.05, 3.63) is 72.9 Å². The Bertz CT molecular complexity index is 1060. The summed E-state index contributed by atoms with van der Waals surface area (Å²) in [5, 5.41) is 0. The molecule has 2 atom stereocenters. The second kappa shape index (κ2) is 42.8. The lowest BCUT2D eigenvalue weighted by atomic mass is 9.82. The molecule has 1 heterocycles. The van der Waals surface area contributed by atoms with Gasteiger partial charge in [0, 0.05) is 0 Å². The van der Waals surface area contributed by atoms with Crippen LogP contribution in [0.25, 0.3) is 0 Å². The average molecular weight is 805 g/mol. The number of carbonyl (C=O) groups is 1. The quantitative estimate of drug-likeness (QED) is 0.0350. The van der Waals surface area contributed by atoms with E-state index in [1.165, 1.54) is 180 Å². The van der Waals surface area contributed by atoms with Gasteiger partial charge < -0.3 is 9.47 Å². The van der Waals surface area contributed by atoms with Crippen LogP contribution >= 0.6 is 0 Å². The van der Waals surface area contributed by atoms with Gasteiger partial charge in [0.05, 0.1) is 0 Å². The van der Waals surface area contributed by atoms with Gasteiger partial charge in [-0.15, -0.1) is 0 Å². The summed E-state index contributed by atoms with van der Waals surface area (Å²) in [5.41, 5.74) is -0.422. The van der Waals surface area contributed by atoms with E-state index in [1.807, 2.05) is 0 Å². The summed E-state index contributed by atoms with van der Waals surface area (Å²) in [6, 6.07) is 0. The molecule has 0 aromatic heterocycles. The Morgan fingerprint density at radius 3 is 1.02 bits per heavy atom. The molecule has 3 nitrogen and oxygen atoms in total. The first kappa shape index (κ1) is 53.7. The van der Waals surface area contributed by atoms with Gasteiger partial charge in [-0.05, 0) is 135 Å². The molecule has 0 aromatic rings. The topological polar surface area (TPSA) is 35.5 Å². The molecule has 0 N–H and O–H groups in total. The Kier molecular flexibility index (Phi) is 39.7. The predicted octanol–water partition coefficient (Wildman–Crippen LogP) is 19.1. The van der Waals surface area contributed by atoms with Gasteiger partial charge in [-0.2, -0.15) is 0 Å². The highest BCUT2D eigenvalue weighted by atomic mass is 16.8. The number of cyclic esters (lactones) is 2. The molecule has 0 bridgehead atoms. The Hall–Kier alpha value is -2.29. The van der Waals surface area contributed by atoms with E-state index in [0.717, 1.165) is 57.8 Å². The highest BCUT2D eigenvalue weighted by molar-refractivity contribution is 5.63. The molecule has 0 radical (unpaired) electrons. The first-order valence-corrected chi connectivity index (χ1v) is 25.5. The normalized spacial score (nSPS) is 17.5. The van der Waals surface area contributed by atoms with Crippen LogP contribution in [0.1, 0.15) is 258 Å². The van der Waals surface area contributed by atoms with Gasteiger partial charge >= 0.3 is 6.16 Å². The van der Waals surface area contributed by atoms with Crippen LogP contribution in [-0.2, 0) is 9.47 Å². The van der Waals surface area contributed by atoms with Gasteiger partial charge in [0.2, 0.25) is 0 Å². The SMILES string of the molecule is CCCCCC=CCC=CCCCCCCCCC1(CCCCCCCC=CCC=CCCCCC)OC(=O)OC1CCCCCCCC=CCC=CCCCCC. The van der Waals surface area contributed by atoms with Gasteiger partial charge in [-0.1, -0.05) is 196 Å². The smallest absolute Gasteiger partial charge is 0.427 e. The fourth-order valence-electron chi connectivity index (χ4n) is 8.14. The van der Waals surface area contributed by atoms with Crippen molar-refractivity contribution in [3.8, 4) is 0 Å². The maximum absolute atomic E-state index is 12.7. The minimum atomic E-state index is -0.422. The first-order chi connectivity index (χ1) is 28.7. The van der Waals surface area contributed by atoms with Gasteiger partial charge in [-0.25, -0.2) is 4.79 Å². The van der Waals surface area contributed by atoms with E-state index in [1.54, 1.807) is 0 Å². The summed E-state index contributed by atoms with van der Waals surface area (Å²) in [7, 11) is 0. The molecule has 1 aliphatic rings. The standard InChI is InChI=1S/C55H96O3/c1-4-7-10-13-16-19-22-25-28-31-34-37-40-43-46-49-52-55(51-48-45-42-39-36-33-30-27-24-21-18-15-12-9-6-3)53(57-54(56)58-55)50-47-44-41-38-35-32-29-26-23-20-17-14-11-8-5-2/h16-21,25-30,53H,4-15,22-24,31-52H2,1-3H3. The third-order valence-corrected chi connectivity index (χ3v) is 11.9. The van der Waals surface area contributed by atoms with Gasteiger partial charge in [-0.3, -0.25) is 0 Å². The molecule has 0 spiro atoms. The minimum Gasteiger partial charge on any atom is -0.427 e. The summed E-state index contributed by atoms with van der Waals surface area (Å²) in [6.45, 7) is 6.79. The summed E-state index contributed by atoms with van der Waals surface area (Å²) in [4.78, 5) is 12.7. The molecule has 0 aliphatic carbocycles. The zero-order chi connectivity index (χ0) is 41.7. The van der Waals surface area contributed by atoms with E-state index in [9.17, 15) is 4.79 Å². The summed E-state index contributed by atoms with van der Waals surface area (Å²) in [5.74, 6) is 0. The van der Waals surface area contributed by atoms with Crippen LogP contribution in [0.4, 0.5) is 4.79 Å². The second-order valence-electron chi connectivity index (χ2n) is 17.4. The Morgan fingerprint density at radius 2 is 0.672 bits per heavy atom. The lowest BCUT2D eigenvalue weighted by Crippen LogP contribution is -2.40. The summed E-state index contributed by atoms with van der Waals surface area (Å²) in [6.07, 6.45) is 72.6. The minimum absolute atomic E-state index is 0.0817. The van der Waals surface area contributed by atoms with Crippen LogP contribution in [0.5, 0.6) is 0 Å². The van der Waals surface area contributed by atoms with E-state index >= 15 is 0 Å². The Morgan fingerprint density at radius 1 is 0.379 bits per heavy atom. The maximum atomic E-state index is 12.7. The Balaban J connectivity index is 2.42. The van der Waals surface area contributed by atoms with Crippen molar-refractivity contribution in [1.29, 1.82) is 0 Å². The van der Waals surface area contributed by atoms with Crippen LogP contribution in [-0.4, -0.2) is 17.9 Å². The third kappa shape index (κ3) is 33.5. The zero-order valence-corrected chi connectivity index (χ0v) is 38.9. The van der Waals surface area contributed by atoms with E-state index in [4.69, 9.17) is 9.47 Å². The number of unbranched alkanes of at least 4 members (excludes halogenated alkanes) is 25. The summed E-state index contributed by atoms with van der Waals surface area (Å²) >= 11 is 0. The molecule has 0 amide bonds. The van der Waals surface area contributed by atoms with Crippen LogP contribution in [0.3, 0.4) is 0 Å². The van der Waals surface area contributed by atoms with Gasteiger partial charge in [0.25, 0.3) is 0 Å². The van der Waals surface area contributed by atoms with Crippen LogP contribution < -0.4 is 0 Å². The van der Waals surface area contributed by atoms with E-state index in [2.05, 4.69) is 93.7 Å². The average Bonchev–Trinajstić information content (AvgIpc) is 3.54. The molecule has 0 saturated carbocycles. The number of ether oxygens (including phenoxy) is 2. The Labute approximate surface area is 362 Å². The number of carbonyl (C=O) groups excluding carboxylic acids is 1. The monoisotopic (exact) mass is 805 g/mol. The molecule has 3 heteroatoms. The molecule has 334 valence electrons. The van der Waals surface area contributed by atoms with Crippen LogP contribution in [0.2, 0.25) is 0 Å². The molecular formula is C55H96O3. The molecule has 1 saturated heterocycles. The van der Waals surface area contributed by atoms with Gasteiger partial charge in [0.15, 0.2) is 5.60 Å². The zero-order valence-electron chi connectivity index (χ0n) is 38.9. The fourth-order valence-corrected chi connectivity index (χ4v) is 8.14.